The van der Waals surface area contributed by atoms with E-state index in [0.717, 1.165) is 0 Å². The van der Waals surface area contributed by atoms with Crippen LogP contribution in [0.5, 0.6) is 0 Å². The molecule has 1 aliphatic rings. The molecule has 0 spiro atoms. The molecule has 8 nitrogen and oxygen atoms in total. The van der Waals surface area contributed by atoms with Gasteiger partial charge in [-0.25, -0.2) is 17.8 Å². The molecular formula is C23H20FN3O5S2. The summed E-state index contributed by atoms with van der Waals surface area (Å²) in [4.78, 5) is 19.3. The average molecular weight is 502 g/mol. The Labute approximate surface area is 199 Å². The first-order valence-electron chi connectivity index (χ1n) is 10.5. The third kappa shape index (κ3) is 4.34. The van der Waals surface area contributed by atoms with Crippen LogP contribution in [0.25, 0.3) is 10.2 Å². The summed E-state index contributed by atoms with van der Waals surface area (Å²) in [5, 5.41) is 0.312. The van der Waals surface area contributed by atoms with Crippen molar-refractivity contribution in [1.82, 2.24) is 9.29 Å². The highest BCUT2D eigenvalue weighted by molar-refractivity contribution is 7.89. The zero-order chi connectivity index (χ0) is 23.7. The fourth-order valence-electron chi connectivity index (χ4n) is 3.66. The molecule has 176 valence electrons. The number of ether oxygens (including phenoxy) is 1. The number of furan rings is 1. The van der Waals surface area contributed by atoms with Gasteiger partial charge in [0.05, 0.1) is 35.6 Å². The number of hydrogen-bond acceptors (Lipinski definition) is 7. The Hall–Kier alpha value is -3.12. The van der Waals surface area contributed by atoms with Crippen LogP contribution in [0.15, 0.2) is 70.2 Å². The molecule has 0 aliphatic carbocycles. The number of benzene rings is 2. The van der Waals surface area contributed by atoms with Crippen molar-refractivity contribution in [2.75, 3.05) is 31.2 Å². The molecule has 2 aromatic carbocycles. The summed E-state index contributed by atoms with van der Waals surface area (Å²) in [5.41, 5.74) is 0.457. The van der Waals surface area contributed by atoms with Crippen LogP contribution < -0.4 is 4.90 Å². The van der Waals surface area contributed by atoms with Crippen molar-refractivity contribution in [1.29, 1.82) is 0 Å². The molecular weight excluding hydrogens is 481 g/mol. The van der Waals surface area contributed by atoms with Gasteiger partial charge in [-0.15, -0.1) is 0 Å². The molecule has 1 saturated heterocycles. The largest absolute Gasteiger partial charge is 0.467 e. The van der Waals surface area contributed by atoms with Crippen LogP contribution in [-0.2, 0) is 21.3 Å². The number of carbonyl (C=O) groups excluding carboxylic acids is 1. The zero-order valence-corrected chi connectivity index (χ0v) is 19.5. The minimum atomic E-state index is -3.68. The Morgan fingerprint density at radius 2 is 1.85 bits per heavy atom. The second-order valence-electron chi connectivity index (χ2n) is 7.59. The molecule has 0 radical (unpaired) electrons. The fraction of sp³-hybridized carbons (Fsp3) is 0.217. The lowest BCUT2D eigenvalue weighted by molar-refractivity contribution is 0.0730. The van der Waals surface area contributed by atoms with Gasteiger partial charge in [0, 0.05) is 18.7 Å². The number of anilines is 1. The smallest absolute Gasteiger partial charge is 0.260 e. The van der Waals surface area contributed by atoms with Gasteiger partial charge in [0.15, 0.2) is 5.13 Å². The molecule has 0 N–H and O–H groups in total. The van der Waals surface area contributed by atoms with E-state index in [9.17, 15) is 17.6 Å². The average Bonchev–Trinajstić information content (AvgIpc) is 3.53. The van der Waals surface area contributed by atoms with Crippen molar-refractivity contribution in [3.63, 3.8) is 0 Å². The number of amides is 1. The SMILES string of the molecule is O=C(c1ccc(S(=O)(=O)N2CCOCC2)cc1)N(Cc1ccco1)c1nc2c(F)cccc2s1. The number of thiazole rings is 1. The molecule has 4 aromatic rings. The molecule has 34 heavy (non-hydrogen) atoms. The van der Waals surface area contributed by atoms with Gasteiger partial charge >= 0.3 is 0 Å². The van der Waals surface area contributed by atoms with Gasteiger partial charge in [0.1, 0.15) is 17.1 Å². The predicted molar refractivity (Wildman–Crippen MR) is 125 cm³/mol. The molecule has 1 fully saturated rings. The topological polar surface area (TPSA) is 93.0 Å². The molecule has 0 saturated carbocycles. The molecule has 2 aromatic heterocycles. The predicted octanol–water partition coefficient (Wildman–Crippen LogP) is 3.90. The summed E-state index contributed by atoms with van der Waals surface area (Å²) in [5.74, 6) is -0.353. The molecule has 1 aliphatic heterocycles. The molecule has 0 unspecified atom stereocenters. The number of aromatic nitrogens is 1. The highest BCUT2D eigenvalue weighted by Crippen LogP contribution is 2.32. The highest BCUT2D eigenvalue weighted by Gasteiger charge is 2.28. The number of nitrogens with zero attached hydrogens (tertiary/aromatic N) is 3. The molecule has 0 atom stereocenters. The van der Waals surface area contributed by atoms with E-state index in [4.69, 9.17) is 9.15 Å². The third-order valence-corrected chi connectivity index (χ3v) is 8.39. The van der Waals surface area contributed by atoms with E-state index in [1.54, 1.807) is 24.3 Å². The van der Waals surface area contributed by atoms with Crippen molar-refractivity contribution < 1.29 is 26.8 Å². The summed E-state index contributed by atoms with van der Waals surface area (Å²) in [6, 6.07) is 13.9. The maximum atomic E-state index is 14.2. The van der Waals surface area contributed by atoms with Crippen LogP contribution in [0, 0.1) is 5.82 Å². The quantitative estimate of drug-likeness (QED) is 0.398. The van der Waals surface area contributed by atoms with Crippen molar-refractivity contribution in [3.8, 4) is 0 Å². The van der Waals surface area contributed by atoms with Crippen LogP contribution in [0.2, 0.25) is 0 Å². The number of sulfonamides is 1. The van der Waals surface area contributed by atoms with Crippen molar-refractivity contribution in [2.24, 2.45) is 0 Å². The van der Waals surface area contributed by atoms with Gasteiger partial charge in [-0.3, -0.25) is 9.69 Å². The van der Waals surface area contributed by atoms with Gasteiger partial charge in [-0.1, -0.05) is 17.4 Å². The Morgan fingerprint density at radius 3 is 2.53 bits per heavy atom. The summed E-state index contributed by atoms with van der Waals surface area (Å²) in [6.45, 7) is 1.35. The van der Waals surface area contributed by atoms with Crippen LogP contribution in [0.1, 0.15) is 16.1 Å². The lowest BCUT2D eigenvalue weighted by atomic mass is 10.2. The van der Waals surface area contributed by atoms with Crippen LogP contribution in [0.3, 0.4) is 0 Å². The molecule has 11 heteroatoms. The standard InChI is InChI=1S/C23H20FN3O5S2/c24-19-4-1-5-20-21(19)25-23(33-20)27(15-17-3-2-12-32-17)22(28)16-6-8-18(9-7-16)34(29,30)26-10-13-31-14-11-26/h1-9,12H,10-11,13-15H2. The van der Waals surface area contributed by atoms with E-state index in [-0.39, 0.29) is 35.6 Å². The van der Waals surface area contributed by atoms with Crippen molar-refractivity contribution >= 4 is 42.6 Å². The molecule has 5 rings (SSSR count). The normalized spacial score (nSPS) is 15.0. The van der Waals surface area contributed by atoms with Crippen LogP contribution in [-0.4, -0.2) is 49.9 Å². The number of hydrogen-bond donors (Lipinski definition) is 0. The van der Waals surface area contributed by atoms with Crippen LogP contribution in [0.4, 0.5) is 9.52 Å². The summed E-state index contributed by atoms with van der Waals surface area (Å²) < 4.78 is 52.6. The first-order valence-corrected chi connectivity index (χ1v) is 12.8. The number of para-hydroxylation sites is 1. The molecule has 1 amide bonds. The van der Waals surface area contributed by atoms with Crippen molar-refractivity contribution in [3.05, 3.63) is 78.0 Å². The van der Waals surface area contributed by atoms with Gasteiger partial charge in [0.25, 0.3) is 5.91 Å². The number of rotatable bonds is 6. The maximum Gasteiger partial charge on any atom is 0.260 e. The van der Waals surface area contributed by atoms with E-state index in [1.807, 2.05) is 0 Å². The first-order chi connectivity index (χ1) is 16.4. The summed E-state index contributed by atoms with van der Waals surface area (Å²) >= 11 is 1.19. The number of halogens is 1. The van der Waals surface area contributed by atoms with Gasteiger partial charge in [0.2, 0.25) is 10.0 Å². The van der Waals surface area contributed by atoms with Crippen molar-refractivity contribution in [2.45, 2.75) is 11.4 Å². The van der Waals surface area contributed by atoms with E-state index >= 15 is 0 Å². The third-order valence-electron chi connectivity index (χ3n) is 5.44. The van der Waals surface area contributed by atoms with E-state index in [2.05, 4.69) is 4.98 Å². The van der Waals surface area contributed by atoms with Gasteiger partial charge in [-0.2, -0.15) is 4.31 Å². The van der Waals surface area contributed by atoms with E-state index in [0.29, 0.717) is 28.8 Å². The lowest BCUT2D eigenvalue weighted by Crippen LogP contribution is -2.40. The van der Waals surface area contributed by atoms with Gasteiger partial charge < -0.3 is 9.15 Å². The van der Waals surface area contributed by atoms with Gasteiger partial charge in [-0.05, 0) is 48.5 Å². The zero-order valence-electron chi connectivity index (χ0n) is 17.9. The monoisotopic (exact) mass is 501 g/mol. The minimum absolute atomic E-state index is 0.0844. The Bertz CT molecular complexity index is 1410. The Morgan fingerprint density at radius 1 is 1.09 bits per heavy atom. The number of morpholine rings is 1. The first kappa shape index (κ1) is 22.7. The van der Waals surface area contributed by atoms with E-state index in [1.165, 1.54) is 57.1 Å². The summed E-state index contributed by atoms with van der Waals surface area (Å²) in [7, 11) is -3.68. The Balaban J connectivity index is 1.46. The molecule has 3 heterocycles. The number of fused-ring (bicyclic) bond motifs is 1. The highest BCUT2D eigenvalue weighted by atomic mass is 32.2. The summed E-state index contributed by atoms with van der Waals surface area (Å²) in [6.07, 6.45) is 1.50. The fourth-order valence-corrected chi connectivity index (χ4v) is 6.05. The lowest BCUT2D eigenvalue weighted by Gasteiger charge is -2.26. The van der Waals surface area contributed by atoms with E-state index < -0.39 is 21.7 Å². The second kappa shape index (κ2) is 9.26. The molecule has 0 bridgehead atoms. The second-order valence-corrected chi connectivity index (χ2v) is 10.5. The maximum absolute atomic E-state index is 14.2. The minimum Gasteiger partial charge on any atom is -0.467 e. The Kier molecular flexibility index (Phi) is 6.17. The number of carbonyl (C=O) groups is 1. The van der Waals surface area contributed by atoms with Crippen LogP contribution >= 0.6 is 11.3 Å².